The fourth-order valence-electron chi connectivity index (χ4n) is 2.51. The first-order chi connectivity index (χ1) is 13.2. The third kappa shape index (κ3) is 3.99. The molecule has 0 aliphatic heterocycles. The van der Waals surface area contributed by atoms with Crippen LogP contribution >= 0.6 is 23.2 Å². The summed E-state index contributed by atoms with van der Waals surface area (Å²) in [5.74, 6) is -0.184. The van der Waals surface area contributed by atoms with Gasteiger partial charge in [0.05, 0.1) is 17.2 Å². The van der Waals surface area contributed by atoms with Gasteiger partial charge in [0.15, 0.2) is 0 Å². The summed E-state index contributed by atoms with van der Waals surface area (Å²) in [6, 6.07) is 11.1. The maximum atomic E-state index is 12.6. The average Bonchev–Trinajstić information content (AvgIpc) is 3.04. The summed E-state index contributed by atoms with van der Waals surface area (Å²) in [6.07, 6.45) is 1.41. The van der Waals surface area contributed by atoms with E-state index >= 15 is 0 Å². The van der Waals surface area contributed by atoms with E-state index in [0.717, 1.165) is 0 Å². The third-order valence-electron chi connectivity index (χ3n) is 3.88. The van der Waals surface area contributed by atoms with Gasteiger partial charge in [-0.2, -0.15) is 0 Å². The molecule has 1 N–H and O–H groups in total. The van der Waals surface area contributed by atoms with Crippen molar-refractivity contribution in [3.05, 3.63) is 64.4 Å². The molecule has 0 unspecified atom stereocenters. The Hall–Kier alpha value is -2.55. The monoisotopic (exact) mass is 439 g/mol. The van der Waals surface area contributed by atoms with Crippen LogP contribution in [-0.2, 0) is 17.1 Å². The summed E-state index contributed by atoms with van der Waals surface area (Å²) in [5.41, 5.74) is 0.532. The number of halogens is 2. The normalized spacial score (nSPS) is 11.3. The number of carbonyl (C=O) groups is 1. The topological polar surface area (TPSA) is 90.3 Å². The molecule has 1 aromatic heterocycles. The highest BCUT2D eigenvalue weighted by molar-refractivity contribution is 7.90. The number of nitrogens with zero attached hydrogens (tertiary/aromatic N) is 2. The molecule has 0 radical (unpaired) electrons. The molecular weight excluding hydrogens is 425 g/mol. The number of imidazole rings is 1. The molecule has 0 fully saturated rings. The van der Waals surface area contributed by atoms with E-state index in [1.54, 1.807) is 35.9 Å². The molecule has 0 atom stereocenters. The Morgan fingerprint density at radius 3 is 2.54 bits per heavy atom. The molecule has 0 saturated carbocycles. The molecule has 1 amide bonds. The lowest BCUT2D eigenvalue weighted by Crippen LogP contribution is -2.31. The van der Waals surface area contributed by atoms with Crippen molar-refractivity contribution in [1.82, 2.24) is 14.3 Å². The van der Waals surface area contributed by atoms with Crippen molar-refractivity contribution in [2.75, 3.05) is 7.11 Å². The molecule has 2 aromatic carbocycles. The predicted molar refractivity (Wildman–Crippen MR) is 106 cm³/mol. The standard InChI is InChI=1S/C18H15Cl2N3O4S/c1-23-10-15(21-17(23)12-5-3-4-6-13(12)19)18(24)22-28(25,26)16-9-11(27-2)7-8-14(16)20/h3-10H,1-2H3,(H,22,24). The summed E-state index contributed by atoms with van der Waals surface area (Å²) in [5, 5.41) is 0.415. The van der Waals surface area contributed by atoms with Crippen molar-refractivity contribution in [1.29, 1.82) is 0 Å². The number of sulfonamides is 1. The number of nitrogens with one attached hydrogen (secondary N) is 1. The number of carbonyl (C=O) groups excluding carboxylic acids is 1. The molecule has 3 rings (SSSR count). The number of ether oxygens (including phenoxy) is 1. The van der Waals surface area contributed by atoms with E-state index in [4.69, 9.17) is 27.9 Å². The molecular formula is C18H15Cl2N3O4S. The number of rotatable bonds is 5. The minimum atomic E-state index is -4.23. The SMILES string of the molecule is COc1ccc(Cl)c(S(=O)(=O)NC(=O)c2cn(C)c(-c3ccccc3Cl)n2)c1. The number of aryl methyl sites for hydroxylation is 1. The van der Waals surface area contributed by atoms with Crippen LogP contribution in [0, 0.1) is 0 Å². The first-order valence-corrected chi connectivity index (χ1v) is 10.2. The van der Waals surface area contributed by atoms with E-state index in [1.807, 2.05) is 4.72 Å². The van der Waals surface area contributed by atoms with Crippen LogP contribution < -0.4 is 9.46 Å². The molecule has 0 aliphatic carbocycles. The van der Waals surface area contributed by atoms with Crippen LogP contribution in [0.4, 0.5) is 0 Å². The highest BCUT2D eigenvalue weighted by Gasteiger charge is 2.24. The van der Waals surface area contributed by atoms with Gasteiger partial charge in [-0.25, -0.2) is 18.1 Å². The van der Waals surface area contributed by atoms with E-state index in [-0.39, 0.29) is 21.4 Å². The molecule has 3 aromatic rings. The van der Waals surface area contributed by atoms with Gasteiger partial charge in [0.25, 0.3) is 15.9 Å². The van der Waals surface area contributed by atoms with Gasteiger partial charge in [-0.05, 0) is 24.3 Å². The summed E-state index contributed by atoms with van der Waals surface area (Å²) in [4.78, 5) is 16.5. The zero-order chi connectivity index (χ0) is 20.5. The van der Waals surface area contributed by atoms with Gasteiger partial charge in [-0.3, -0.25) is 4.79 Å². The van der Waals surface area contributed by atoms with E-state index in [2.05, 4.69) is 4.98 Å². The number of benzene rings is 2. The zero-order valence-electron chi connectivity index (χ0n) is 14.8. The molecule has 0 aliphatic rings. The number of methoxy groups -OCH3 is 1. The molecule has 1 heterocycles. The number of hydrogen-bond donors (Lipinski definition) is 1. The molecule has 7 nitrogen and oxygen atoms in total. The van der Waals surface area contributed by atoms with Crippen LogP contribution in [0.5, 0.6) is 5.75 Å². The Kier molecular flexibility index (Phi) is 5.64. The number of hydrogen-bond acceptors (Lipinski definition) is 5. The lowest BCUT2D eigenvalue weighted by molar-refractivity contribution is 0.0977. The minimum absolute atomic E-state index is 0.0427. The quantitative estimate of drug-likeness (QED) is 0.656. The van der Waals surface area contributed by atoms with E-state index in [9.17, 15) is 13.2 Å². The maximum Gasteiger partial charge on any atom is 0.285 e. The Morgan fingerprint density at radius 2 is 1.86 bits per heavy atom. The van der Waals surface area contributed by atoms with Gasteiger partial charge in [0.2, 0.25) is 0 Å². The van der Waals surface area contributed by atoms with Gasteiger partial charge < -0.3 is 9.30 Å². The van der Waals surface area contributed by atoms with Crippen molar-refractivity contribution < 1.29 is 17.9 Å². The summed E-state index contributed by atoms with van der Waals surface area (Å²) in [6.45, 7) is 0. The van der Waals surface area contributed by atoms with Gasteiger partial charge >= 0.3 is 0 Å². The summed E-state index contributed by atoms with van der Waals surface area (Å²) < 4.78 is 33.8. The molecule has 146 valence electrons. The third-order valence-corrected chi connectivity index (χ3v) is 6.02. The average molecular weight is 440 g/mol. The lowest BCUT2D eigenvalue weighted by atomic mass is 10.2. The fraction of sp³-hybridized carbons (Fsp3) is 0.111. The summed E-state index contributed by atoms with van der Waals surface area (Å²) >= 11 is 12.1. The van der Waals surface area contributed by atoms with Crippen LogP contribution in [0.2, 0.25) is 10.0 Å². The Balaban J connectivity index is 1.92. The Labute approximate surface area is 171 Å². The molecule has 28 heavy (non-hydrogen) atoms. The van der Waals surface area contributed by atoms with Crippen molar-refractivity contribution in [3.63, 3.8) is 0 Å². The largest absolute Gasteiger partial charge is 0.497 e. The van der Waals surface area contributed by atoms with Crippen molar-refractivity contribution in [3.8, 4) is 17.1 Å². The second kappa shape index (κ2) is 7.83. The van der Waals surface area contributed by atoms with Crippen LogP contribution in [0.3, 0.4) is 0 Å². The smallest absolute Gasteiger partial charge is 0.285 e. The van der Waals surface area contributed by atoms with Crippen LogP contribution in [0.25, 0.3) is 11.4 Å². The van der Waals surface area contributed by atoms with Crippen LogP contribution in [0.1, 0.15) is 10.5 Å². The van der Waals surface area contributed by atoms with Crippen molar-refractivity contribution in [2.45, 2.75) is 4.90 Å². The highest BCUT2D eigenvalue weighted by Crippen LogP contribution is 2.28. The molecule has 0 saturated heterocycles. The highest BCUT2D eigenvalue weighted by atomic mass is 35.5. The first-order valence-electron chi connectivity index (χ1n) is 7.92. The maximum absolute atomic E-state index is 12.6. The molecule has 0 spiro atoms. The van der Waals surface area contributed by atoms with E-state index in [0.29, 0.717) is 16.4 Å². The predicted octanol–water partition coefficient (Wildman–Crippen LogP) is 3.52. The fourth-order valence-corrected chi connectivity index (χ4v) is 4.21. The zero-order valence-corrected chi connectivity index (χ0v) is 17.1. The van der Waals surface area contributed by atoms with E-state index < -0.39 is 15.9 Å². The van der Waals surface area contributed by atoms with Crippen LogP contribution in [0.15, 0.2) is 53.6 Å². The minimum Gasteiger partial charge on any atom is -0.497 e. The van der Waals surface area contributed by atoms with E-state index in [1.165, 1.54) is 31.5 Å². The molecule has 10 heteroatoms. The van der Waals surface area contributed by atoms with Gasteiger partial charge in [0, 0.05) is 24.9 Å². The second-order valence-electron chi connectivity index (χ2n) is 5.77. The van der Waals surface area contributed by atoms with Gasteiger partial charge in [-0.15, -0.1) is 0 Å². The van der Waals surface area contributed by atoms with Crippen molar-refractivity contribution in [2.24, 2.45) is 7.05 Å². The van der Waals surface area contributed by atoms with Crippen LogP contribution in [-0.4, -0.2) is 31.0 Å². The number of aromatic nitrogens is 2. The van der Waals surface area contributed by atoms with Gasteiger partial charge in [0.1, 0.15) is 22.2 Å². The Bertz CT molecular complexity index is 1160. The van der Waals surface area contributed by atoms with Crippen molar-refractivity contribution >= 4 is 39.1 Å². The Morgan fingerprint density at radius 1 is 1.14 bits per heavy atom. The second-order valence-corrected chi connectivity index (χ2v) is 8.24. The van der Waals surface area contributed by atoms with Gasteiger partial charge in [-0.1, -0.05) is 35.3 Å². The number of amides is 1. The summed E-state index contributed by atoms with van der Waals surface area (Å²) in [7, 11) is -1.17. The first kappa shape index (κ1) is 20.2. The lowest BCUT2D eigenvalue weighted by Gasteiger charge is -2.09. The molecule has 0 bridgehead atoms.